The Hall–Kier alpha value is -2.86. The average molecular weight is 313 g/mol. The molecular formula is C17H15NO5. The van der Waals surface area contributed by atoms with Crippen molar-refractivity contribution in [2.75, 3.05) is 6.61 Å². The molecular weight excluding hydrogens is 298 g/mol. The van der Waals surface area contributed by atoms with Gasteiger partial charge in [0.25, 0.3) is 5.69 Å². The minimum atomic E-state index is -1.00. The van der Waals surface area contributed by atoms with Crippen LogP contribution >= 0.6 is 0 Å². The predicted molar refractivity (Wildman–Crippen MR) is 84.5 cm³/mol. The molecule has 0 aliphatic rings. The molecule has 6 heteroatoms. The molecule has 0 saturated heterocycles. The molecule has 2 aromatic carbocycles. The smallest absolute Gasteiger partial charge is 0.269 e. The normalized spacial score (nSPS) is 12.3. The van der Waals surface area contributed by atoms with Gasteiger partial charge < -0.3 is 14.3 Å². The highest BCUT2D eigenvalue weighted by molar-refractivity contribution is 5.83. The molecule has 1 heterocycles. The van der Waals surface area contributed by atoms with Crippen molar-refractivity contribution in [1.82, 2.24) is 0 Å². The zero-order valence-electron chi connectivity index (χ0n) is 12.4. The molecule has 1 N–H and O–H groups in total. The number of hydrogen-bond acceptors (Lipinski definition) is 5. The molecule has 3 rings (SSSR count). The van der Waals surface area contributed by atoms with Gasteiger partial charge in [0.05, 0.1) is 11.5 Å². The first-order valence-electron chi connectivity index (χ1n) is 7.18. The van der Waals surface area contributed by atoms with E-state index in [4.69, 9.17) is 9.15 Å². The van der Waals surface area contributed by atoms with Crippen molar-refractivity contribution in [2.45, 2.75) is 13.0 Å². The lowest BCUT2D eigenvalue weighted by Gasteiger charge is -2.07. The van der Waals surface area contributed by atoms with Crippen molar-refractivity contribution in [1.29, 1.82) is 0 Å². The van der Waals surface area contributed by atoms with E-state index < -0.39 is 11.0 Å². The highest BCUT2D eigenvalue weighted by atomic mass is 16.6. The minimum Gasteiger partial charge on any atom is -0.490 e. The lowest BCUT2D eigenvalue weighted by molar-refractivity contribution is -0.384. The van der Waals surface area contributed by atoms with Gasteiger partial charge in [-0.25, -0.2) is 0 Å². The van der Waals surface area contributed by atoms with Gasteiger partial charge in [-0.3, -0.25) is 10.1 Å². The summed E-state index contributed by atoms with van der Waals surface area (Å²) in [4.78, 5) is 10.2. The van der Waals surface area contributed by atoms with E-state index in [1.807, 2.05) is 19.1 Å². The van der Waals surface area contributed by atoms with Gasteiger partial charge in [-0.15, -0.1) is 0 Å². The number of aliphatic hydroxyl groups excluding tert-OH is 1. The zero-order chi connectivity index (χ0) is 16.4. The molecule has 0 spiro atoms. The van der Waals surface area contributed by atoms with Gasteiger partial charge in [0.2, 0.25) is 0 Å². The number of nitrogens with zero attached hydrogens (tertiary/aromatic N) is 1. The van der Waals surface area contributed by atoms with E-state index >= 15 is 0 Å². The third kappa shape index (κ3) is 2.89. The first-order valence-corrected chi connectivity index (χ1v) is 7.18. The van der Waals surface area contributed by atoms with Crippen molar-refractivity contribution in [2.24, 2.45) is 0 Å². The van der Waals surface area contributed by atoms with E-state index in [9.17, 15) is 15.2 Å². The Morgan fingerprint density at radius 2 is 2.00 bits per heavy atom. The van der Waals surface area contributed by atoms with E-state index in [-0.39, 0.29) is 5.69 Å². The number of para-hydroxylation sites is 1. The number of benzene rings is 2. The minimum absolute atomic E-state index is 0.0239. The van der Waals surface area contributed by atoms with Crippen molar-refractivity contribution >= 4 is 16.7 Å². The van der Waals surface area contributed by atoms with E-state index in [1.54, 1.807) is 12.1 Å². The fourth-order valence-corrected chi connectivity index (χ4v) is 2.40. The number of ether oxygens (including phenoxy) is 1. The van der Waals surface area contributed by atoms with Crippen LogP contribution in [0.3, 0.4) is 0 Å². The first-order chi connectivity index (χ1) is 11.1. The highest BCUT2D eigenvalue weighted by Crippen LogP contribution is 2.33. The molecule has 0 aliphatic carbocycles. The maximum absolute atomic E-state index is 10.7. The van der Waals surface area contributed by atoms with Gasteiger partial charge in [-0.05, 0) is 36.8 Å². The van der Waals surface area contributed by atoms with Gasteiger partial charge in [-0.2, -0.15) is 0 Å². The number of furan rings is 1. The van der Waals surface area contributed by atoms with Gasteiger partial charge in [0.1, 0.15) is 11.9 Å². The Morgan fingerprint density at radius 3 is 2.65 bits per heavy atom. The largest absolute Gasteiger partial charge is 0.490 e. The molecule has 0 fully saturated rings. The molecule has 23 heavy (non-hydrogen) atoms. The summed E-state index contributed by atoms with van der Waals surface area (Å²) in [5, 5.41) is 21.9. The van der Waals surface area contributed by atoms with Crippen LogP contribution in [0.5, 0.6) is 5.75 Å². The maximum atomic E-state index is 10.7. The molecule has 0 amide bonds. The van der Waals surface area contributed by atoms with Crippen LogP contribution in [-0.2, 0) is 0 Å². The lowest BCUT2D eigenvalue weighted by atomic mass is 10.1. The summed E-state index contributed by atoms with van der Waals surface area (Å²) < 4.78 is 11.2. The molecule has 1 atom stereocenters. The monoisotopic (exact) mass is 313 g/mol. The molecule has 0 aliphatic heterocycles. The third-order valence-electron chi connectivity index (χ3n) is 3.52. The average Bonchev–Trinajstić information content (AvgIpc) is 3.00. The van der Waals surface area contributed by atoms with E-state index in [0.717, 1.165) is 5.39 Å². The molecule has 0 radical (unpaired) electrons. The molecule has 3 aromatic rings. The predicted octanol–water partition coefficient (Wildman–Crippen LogP) is 3.82. The molecule has 1 aromatic heterocycles. The van der Waals surface area contributed by atoms with Gasteiger partial charge in [-0.1, -0.05) is 12.1 Å². The Labute approximate surface area is 132 Å². The Morgan fingerprint density at radius 1 is 1.26 bits per heavy atom. The topological polar surface area (TPSA) is 85.7 Å². The van der Waals surface area contributed by atoms with Crippen molar-refractivity contribution < 1.29 is 19.2 Å². The van der Waals surface area contributed by atoms with Crippen LogP contribution in [0.1, 0.15) is 24.4 Å². The number of fused-ring (bicyclic) bond motifs is 1. The first kappa shape index (κ1) is 15.1. The van der Waals surface area contributed by atoms with Gasteiger partial charge >= 0.3 is 0 Å². The third-order valence-corrected chi connectivity index (χ3v) is 3.52. The molecule has 0 saturated carbocycles. The number of hydrogen-bond donors (Lipinski definition) is 1. The molecule has 6 nitrogen and oxygen atoms in total. The maximum Gasteiger partial charge on any atom is 0.269 e. The number of nitro groups is 1. The fourth-order valence-electron chi connectivity index (χ4n) is 2.40. The Bertz CT molecular complexity index is 838. The van der Waals surface area contributed by atoms with Crippen LogP contribution in [0.25, 0.3) is 11.0 Å². The second kappa shape index (κ2) is 6.10. The van der Waals surface area contributed by atoms with Crippen LogP contribution < -0.4 is 4.74 Å². The summed E-state index contributed by atoms with van der Waals surface area (Å²) in [5.41, 5.74) is 1.07. The summed E-state index contributed by atoms with van der Waals surface area (Å²) in [6, 6.07) is 13.0. The SMILES string of the molecule is CCOc1cccc2cc(C(O)c3ccc([N+](=O)[O-])cc3)oc12. The van der Waals surface area contributed by atoms with E-state index in [0.29, 0.717) is 29.3 Å². The lowest BCUT2D eigenvalue weighted by Crippen LogP contribution is -1.98. The number of aliphatic hydroxyl groups is 1. The van der Waals surface area contributed by atoms with Gasteiger partial charge in [0, 0.05) is 17.5 Å². The van der Waals surface area contributed by atoms with E-state index in [2.05, 4.69) is 0 Å². The fraction of sp³-hybridized carbons (Fsp3) is 0.176. The van der Waals surface area contributed by atoms with E-state index in [1.165, 1.54) is 24.3 Å². The molecule has 1 unspecified atom stereocenters. The number of nitro benzene ring substituents is 1. The second-order valence-corrected chi connectivity index (χ2v) is 5.01. The van der Waals surface area contributed by atoms with Crippen molar-refractivity contribution in [3.8, 4) is 5.75 Å². The summed E-state index contributed by atoms with van der Waals surface area (Å²) in [6.07, 6.45) is -1.00. The van der Waals surface area contributed by atoms with Crippen molar-refractivity contribution in [3.63, 3.8) is 0 Å². The Balaban J connectivity index is 1.95. The van der Waals surface area contributed by atoms with Crippen LogP contribution in [0.2, 0.25) is 0 Å². The summed E-state index contributed by atoms with van der Waals surface area (Å²) >= 11 is 0. The summed E-state index contributed by atoms with van der Waals surface area (Å²) in [5.74, 6) is 0.980. The van der Waals surface area contributed by atoms with Crippen LogP contribution in [0.15, 0.2) is 52.9 Å². The number of non-ortho nitro benzene ring substituents is 1. The summed E-state index contributed by atoms with van der Waals surface area (Å²) in [7, 11) is 0. The van der Waals surface area contributed by atoms with Crippen LogP contribution in [-0.4, -0.2) is 16.6 Å². The van der Waals surface area contributed by atoms with Gasteiger partial charge in [0.15, 0.2) is 11.3 Å². The number of rotatable bonds is 5. The standard InChI is InChI=1S/C17H15NO5/c1-2-22-14-5-3-4-12-10-15(23-17(12)14)16(19)11-6-8-13(9-7-11)18(20)21/h3-10,16,19H,2H2,1H3. The highest BCUT2D eigenvalue weighted by Gasteiger charge is 2.18. The second-order valence-electron chi connectivity index (χ2n) is 5.01. The van der Waals surface area contributed by atoms with Crippen LogP contribution in [0.4, 0.5) is 5.69 Å². The quantitative estimate of drug-likeness (QED) is 0.571. The molecule has 0 bridgehead atoms. The summed E-state index contributed by atoms with van der Waals surface area (Å²) in [6.45, 7) is 2.40. The van der Waals surface area contributed by atoms with Crippen LogP contribution in [0, 0.1) is 10.1 Å². The van der Waals surface area contributed by atoms with Crippen molar-refractivity contribution in [3.05, 3.63) is 70.0 Å². The molecule has 118 valence electrons. The zero-order valence-corrected chi connectivity index (χ0v) is 12.4. The Kier molecular flexibility index (Phi) is 3.99.